The Balaban J connectivity index is 2.02. The SMILES string of the molecule is Cc1nn(C)c(C)c1CCC(=O)Cc1c(C)nn(C)c1Cl. The number of nitrogens with zero attached hydrogens (tertiary/aromatic N) is 4. The minimum Gasteiger partial charge on any atom is -0.299 e. The van der Waals surface area contributed by atoms with Crippen LogP contribution in [0.15, 0.2) is 0 Å². The number of aryl methyl sites for hydroxylation is 4. The van der Waals surface area contributed by atoms with E-state index >= 15 is 0 Å². The van der Waals surface area contributed by atoms with Crippen molar-refractivity contribution in [2.24, 2.45) is 14.1 Å². The highest BCUT2D eigenvalue weighted by Gasteiger charge is 2.16. The van der Waals surface area contributed by atoms with Gasteiger partial charge in [0.1, 0.15) is 10.9 Å². The van der Waals surface area contributed by atoms with Crippen LogP contribution in [0.4, 0.5) is 0 Å². The highest BCUT2D eigenvalue weighted by molar-refractivity contribution is 6.30. The molecule has 5 nitrogen and oxygen atoms in total. The van der Waals surface area contributed by atoms with Gasteiger partial charge in [-0.1, -0.05) is 11.6 Å². The van der Waals surface area contributed by atoms with Crippen molar-refractivity contribution in [1.29, 1.82) is 0 Å². The average molecular weight is 309 g/mol. The summed E-state index contributed by atoms with van der Waals surface area (Å²) in [6, 6.07) is 0. The summed E-state index contributed by atoms with van der Waals surface area (Å²) in [5, 5.41) is 9.16. The van der Waals surface area contributed by atoms with Gasteiger partial charge in [0.2, 0.25) is 0 Å². The highest BCUT2D eigenvalue weighted by atomic mass is 35.5. The van der Waals surface area contributed by atoms with E-state index < -0.39 is 0 Å². The summed E-state index contributed by atoms with van der Waals surface area (Å²) in [7, 11) is 3.71. The second-order valence-electron chi connectivity index (χ2n) is 5.47. The van der Waals surface area contributed by atoms with Crippen molar-refractivity contribution in [2.45, 2.75) is 40.0 Å². The van der Waals surface area contributed by atoms with Gasteiger partial charge in [0.25, 0.3) is 0 Å². The minimum absolute atomic E-state index is 0.177. The third kappa shape index (κ3) is 3.18. The largest absolute Gasteiger partial charge is 0.299 e. The van der Waals surface area contributed by atoms with E-state index in [9.17, 15) is 4.79 Å². The number of carbonyl (C=O) groups is 1. The van der Waals surface area contributed by atoms with Gasteiger partial charge in [-0.3, -0.25) is 14.2 Å². The molecule has 2 heterocycles. The Morgan fingerprint density at radius 3 is 2.10 bits per heavy atom. The van der Waals surface area contributed by atoms with Gasteiger partial charge in [0, 0.05) is 38.2 Å². The molecule has 0 atom stereocenters. The summed E-state index contributed by atoms with van der Waals surface area (Å²) in [5.74, 6) is 0.177. The molecule has 2 aromatic heterocycles. The van der Waals surface area contributed by atoms with E-state index in [4.69, 9.17) is 11.6 Å². The zero-order valence-corrected chi connectivity index (χ0v) is 14.0. The van der Waals surface area contributed by atoms with Crippen LogP contribution in [0.25, 0.3) is 0 Å². The maximum atomic E-state index is 12.2. The molecule has 6 heteroatoms. The zero-order valence-electron chi connectivity index (χ0n) is 13.2. The molecule has 0 aliphatic heterocycles. The molecule has 0 unspecified atom stereocenters. The van der Waals surface area contributed by atoms with E-state index in [-0.39, 0.29) is 5.78 Å². The van der Waals surface area contributed by atoms with Gasteiger partial charge in [-0.2, -0.15) is 10.2 Å². The predicted octanol–water partition coefficient (Wildman–Crippen LogP) is 2.48. The molecule has 0 aromatic carbocycles. The molecule has 0 N–H and O–H groups in total. The number of aromatic nitrogens is 4. The van der Waals surface area contributed by atoms with E-state index in [1.807, 2.05) is 32.5 Å². The van der Waals surface area contributed by atoms with E-state index in [2.05, 4.69) is 10.2 Å². The number of carbonyl (C=O) groups excluding carboxylic acids is 1. The van der Waals surface area contributed by atoms with Crippen molar-refractivity contribution in [3.05, 3.63) is 33.4 Å². The number of hydrogen-bond donors (Lipinski definition) is 0. The fourth-order valence-electron chi connectivity index (χ4n) is 2.60. The standard InChI is InChI=1S/C15H21ClN4O/c1-9-13(11(3)19(4)17-9)7-6-12(21)8-14-10(2)18-20(5)15(14)16/h6-8H2,1-5H3. The molecule has 0 bridgehead atoms. The zero-order chi connectivity index (χ0) is 15.7. The van der Waals surface area contributed by atoms with E-state index in [1.54, 1.807) is 11.7 Å². The normalized spacial score (nSPS) is 11.1. The summed E-state index contributed by atoms with van der Waals surface area (Å²) in [6.45, 7) is 5.89. The molecule has 0 amide bonds. The van der Waals surface area contributed by atoms with Gasteiger partial charge < -0.3 is 0 Å². The lowest BCUT2D eigenvalue weighted by atomic mass is 10.0. The first-order chi connectivity index (χ1) is 9.81. The predicted molar refractivity (Wildman–Crippen MR) is 82.7 cm³/mol. The van der Waals surface area contributed by atoms with Crippen LogP contribution < -0.4 is 0 Å². The number of Topliss-reactive ketones (excluding diaryl/α,β-unsaturated/α-hetero) is 1. The molecule has 21 heavy (non-hydrogen) atoms. The van der Waals surface area contributed by atoms with Crippen LogP contribution >= 0.6 is 11.6 Å². The Bertz CT molecular complexity index is 684. The average Bonchev–Trinajstić information content (AvgIpc) is 2.79. The molecular weight excluding hydrogens is 288 g/mol. The molecule has 0 saturated carbocycles. The molecular formula is C15H21ClN4O. The maximum Gasteiger partial charge on any atom is 0.137 e. The van der Waals surface area contributed by atoms with Gasteiger partial charge in [-0.15, -0.1) is 0 Å². The third-order valence-electron chi connectivity index (χ3n) is 3.96. The van der Waals surface area contributed by atoms with Crippen LogP contribution in [0.1, 0.15) is 34.6 Å². The summed E-state index contributed by atoms with van der Waals surface area (Å²) in [6.07, 6.45) is 1.57. The van der Waals surface area contributed by atoms with Crippen molar-refractivity contribution in [3.8, 4) is 0 Å². The van der Waals surface area contributed by atoms with Crippen molar-refractivity contribution in [1.82, 2.24) is 19.6 Å². The Hall–Kier alpha value is -1.62. The molecule has 0 radical (unpaired) electrons. The monoisotopic (exact) mass is 308 g/mol. The molecule has 2 rings (SSSR count). The Morgan fingerprint density at radius 2 is 1.62 bits per heavy atom. The number of hydrogen-bond acceptors (Lipinski definition) is 3. The van der Waals surface area contributed by atoms with Crippen LogP contribution in [0.3, 0.4) is 0 Å². The highest BCUT2D eigenvalue weighted by Crippen LogP contribution is 2.21. The summed E-state index contributed by atoms with van der Waals surface area (Å²) in [4.78, 5) is 12.2. The second kappa shape index (κ2) is 6.02. The van der Waals surface area contributed by atoms with Gasteiger partial charge >= 0.3 is 0 Å². The van der Waals surface area contributed by atoms with E-state index in [0.717, 1.165) is 29.1 Å². The molecule has 2 aromatic rings. The Kier molecular flexibility index (Phi) is 4.52. The summed E-state index contributed by atoms with van der Waals surface area (Å²) in [5.41, 5.74) is 4.95. The fourth-order valence-corrected chi connectivity index (χ4v) is 2.85. The van der Waals surface area contributed by atoms with Gasteiger partial charge in [0.05, 0.1) is 11.4 Å². The molecule has 0 aliphatic rings. The van der Waals surface area contributed by atoms with Crippen LogP contribution in [-0.2, 0) is 31.7 Å². The smallest absolute Gasteiger partial charge is 0.137 e. The van der Waals surface area contributed by atoms with Gasteiger partial charge in [-0.25, -0.2) is 0 Å². The van der Waals surface area contributed by atoms with E-state index in [1.165, 1.54) is 5.56 Å². The second-order valence-corrected chi connectivity index (χ2v) is 5.82. The lowest BCUT2D eigenvalue weighted by Gasteiger charge is -2.03. The van der Waals surface area contributed by atoms with E-state index in [0.29, 0.717) is 18.0 Å². The number of rotatable bonds is 5. The van der Waals surface area contributed by atoms with Crippen LogP contribution in [0.5, 0.6) is 0 Å². The van der Waals surface area contributed by atoms with Crippen LogP contribution in [0.2, 0.25) is 5.15 Å². The third-order valence-corrected chi connectivity index (χ3v) is 4.43. The van der Waals surface area contributed by atoms with Crippen molar-refractivity contribution < 1.29 is 4.79 Å². The number of halogens is 1. The van der Waals surface area contributed by atoms with Crippen molar-refractivity contribution in [3.63, 3.8) is 0 Å². The summed E-state index contributed by atoms with van der Waals surface area (Å²) >= 11 is 6.16. The molecule has 0 spiro atoms. The first kappa shape index (κ1) is 15.8. The topological polar surface area (TPSA) is 52.7 Å². The van der Waals surface area contributed by atoms with Crippen molar-refractivity contribution in [2.75, 3.05) is 0 Å². The first-order valence-corrected chi connectivity index (χ1v) is 7.37. The molecule has 0 fully saturated rings. The molecule has 0 aliphatic carbocycles. The summed E-state index contributed by atoms with van der Waals surface area (Å²) < 4.78 is 3.46. The quantitative estimate of drug-likeness (QED) is 0.852. The Morgan fingerprint density at radius 1 is 1.05 bits per heavy atom. The first-order valence-electron chi connectivity index (χ1n) is 7.00. The minimum atomic E-state index is 0.177. The Labute approximate surface area is 129 Å². The molecule has 0 saturated heterocycles. The molecule has 114 valence electrons. The number of ketones is 1. The van der Waals surface area contributed by atoms with Gasteiger partial charge in [-0.05, 0) is 32.8 Å². The van der Waals surface area contributed by atoms with Crippen molar-refractivity contribution >= 4 is 17.4 Å². The lowest BCUT2D eigenvalue weighted by molar-refractivity contribution is -0.118. The lowest BCUT2D eigenvalue weighted by Crippen LogP contribution is -2.06. The maximum absolute atomic E-state index is 12.2. The van der Waals surface area contributed by atoms with Crippen LogP contribution in [0, 0.1) is 20.8 Å². The fraction of sp³-hybridized carbons (Fsp3) is 0.533. The van der Waals surface area contributed by atoms with Crippen LogP contribution in [-0.4, -0.2) is 25.3 Å². The van der Waals surface area contributed by atoms with Gasteiger partial charge in [0.15, 0.2) is 0 Å².